The number of ketones is 1. The molecule has 2 N–H and O–H groups in total. The van der Waals surface area contributed by atoms with Crippen LogP contribution in [-0.2, 0) is 9.59 Å². The lowest BCUT2D eigenvalue weighted by Gasteiger charge is -2.15. The Hall–Kier alpha value is -2.95. The lowest BCUT2D eigenvalue weighted by atomic mass is 9.99. The molecule has 1 atom stereocenters. The zero-order valence-electron chi connectivity index (χ0n) is 14.3. The van der Waals surface area contributed by atoms with Crippen molar-refractivity contribution in [1.29, 1.82) is 0 Å². The summed E-state index contributed by atoms with van der Waals surface area (Å²) in [4.78, 5) is 35.8. The summed E-state index contributed by atoms with van der Waals surface area (Å²) >= 11 is 0. The Morgan fingerprint density at radius 2 is 1.68 bits per heavy atom. The van der Waals surface area contributed by atoms with E-state index in [1.54, 1.807) is 36.4 Å². The largest absolute Gasteiger partial charge is 0.479 e. The Bertz CT molecular complexity index is 784. The summed E-state index contributed by atoms with van der Waals surface area (Å²) in [5.74, 6) is -1.72. The van der Waals surface area contributed by atoms with Crippen LogP contribution >= 0.6 is 0 Å². The molecule has 2 aromatic rings. The zero-order chi connectivity index (χ0) is 18.4. The van der Waals surface area contributed by atoms with E-state index in [9.17, 15) is 19.5 Å². The van der Waals surface area contributed by atoms with Crippen molar-refractivity contribution in [3.8, 4) is 0 Å². The van der Waals surface area contributed by atoms with Crippen LogP contribution < -0.4 is 5.32 Å². The Balaban J connectivity index is 1.98. The lowest BCUT2D eigenvalue weighted by Crippen LogP contribution is -2.33. The number of benzene rings is 2. The standard InChI is InChI=1S/C20H21NO4/c1-13-8-9-14(2)16(12-13)17(22)10-11-18(23)21-19(20(24)25)15-6-4-3-5-7-15/h3-9,12,19H,10-11H2,1-2H3,(H,21,23)(H,24,25)/t19-/m1/s1. The van der Waals surface area contributed by atoms with Crippen LogP contribution in [0, 0.1) is 13.8 Å². The van der Waals surface area contributed by atoms with Gasteiger partial charge in [-0.05, 0) is 31.0 Å². The number of hydrogen-bond donors (Lipinski definition) is 2. The zero-order valence-corrected chi connectivity index (χ0v) is 14.3. The van der Waals surface area contributed by atoms with Gasteiger partial charge in [0.1, 0.15) is 0 Å². The van der Waals surface area contributed by atoms with E-state index in [2.05, 4.69) is 5.32 Å². The molecule has 2 aromatic carbocycles. The SMILES string of the molecule is Cc1ccc(C)c(C(=O)CCC(=O)N[C@@H](C(=O)O)c2ccccc2)c1. The van der Waals surface area contributed by atoms with Crippen molar-refractivity contribution in [1.82, 2.24) is 5.32 Å². The number of Topliss-reactive ketones (excluding diaryl/α,β-unsaturated/α-hetero) is 1. The Kier molecular flexibility index (Phi) is 6.06. The average molecular weight is 339 g/mol. The first-order valence-electron chi connectivity index (χ1n) is 8.06. The number of carbonyl (C=O) groups is 3. The molecular formula is C20H21NO4. The second-order valence-electron chi connectivity index (χ2n) is 5.99. The maximum absolute atomic E-state index is 12.3. The van der Waals surface area contributed by atoms with Crippen molar-refractivity contribution >= 4 is 17.7 Å². The minimum Gasteiger partial charge on any atom is -0.479 e. The summed E-state index contributed by atoms with van der Waals surface area (Å²) in [5, 5.41) is 11.8. The first-order valence-corrected chi connectivity index (χ1v) is 8.06. The number of carboxylic acid groups (broad SMARTS) is 1. The normalized spacial score (nSPS) is 11.6. The van der Waals surface area contributed by atoms with Gasteiger partial charge in [-0.1, -0.05) is 48.0 Å². The molecule has 0 spiro atoms. The van der Waals surface area contributed by atoms with E-state index < -0.39 is 17.9 Å². The smallest absolute Gasteiger partial charge is 0.330 e. The molecular weight excluding hydrogens is 318 g/mol. The van der Waals surface area contributed by atoms with E-state index >= 15 is 0 Å². The van der Waals surface area contributed by atoms with Crippen LogP contribution in [0.15, 0.2) is 48.5 Å². The third-order valence-corrected chi connectivity index (χ3v) is 3.96. The van der Waals surface area contributed by atoms with Crippen molar-refractivity contribution in [3.63, 3.8) is 0 Å². The molecule has 25 heavy (non-hydrogen) atoms. The highest BCUT2D eigenvalue weighted by atomic mass is 16.4. The van der Waals surface area contributed by atoms with Gasteiger partial charge in [-0.2, -0.15) is 0 Å². The molecule has 0 heterocycles. The number of amides is 1. The van der Waals surface area contributed by atoms with E-state index in [4.69, 9.17) is 0 Å². The fourth-order valence-electron chi connectivity index (χ4n) is 2.56. The molecule has 0 aromatic heterocycles. The highest BCUT2D eigenvalue weighted by Gasteiger charge is 2.22. The molecule has 0 saturated carbocycles. The molecule has 130 valence electrons. The minimum atomic E-state index is -1.14. The second-order valence-corrected chi connectivity index (χ2v) is 5.99. The number of hydrogen-bond acceptors (Lipinski definition) is 3. The Morgan fingerprint density at radius 3 is 2.32 bits per heavy atom. The van der Waals surface area contributed by atoms with E-state index in [1.807, 2.05) is 26.0 Å². The number of aliphatic carboxylic acids is 1. The van der Waals surface area contributed by atoms with Gasteiger partial charge in [0, 0.05) is 18.4 Å². The Labute approximate surface area is 146 Å². The van der Waals surface area contributed by atoms with Crippen molar-refractivity contribution in [2.75, 3.05) is 0 Å². The maximum atomic E-state index is 12.3. The molecule has 0 aliphatic rings. The highest BCUT2D eigenvalue weighted by molar-refractivity contribution is 5.99. The van der Waals surface area contributed by atoms with Gasteiger partial charge in [0.05, 0.1) is 0 Å². The minimum absolute atomic E-state index is 0.0389. The number of carbonyl (C=O) groups excluding carboxylic acids is 2. The predicted octanol–water partition coefficient (Wildman–Crippen LogP) is 3.21. The van der Waals surface area contributed by atoms with E-state index in [0.29, 0.717) is 11.1 Å². The number of carboxylic acids is 1. The van der Waals surface area contributed by atoms with E-state index in [1.165, 1.54) is 0 Å². The van der Waals surface area contributed by atoms with Crippen LogP contribution in [-0.4, -0.2) is 22.8 Å². The van der Waals surface area contributed by atoms with E-state index in [-0.39, 0.29) is 18.6 Å². The van der Waals surface area contributed by atoms with Gasteiger partial charge in [0.2, 0.25) is 5.91 Å². The quantitative estimate of drug-likeness (QED) is 0.759. The monoisotopic (exact) mass is 339 g/mol. The van der Waals surface area contributed by atoms with Gasteiger partial charge in [-0.3, -0.25) is 9.59 Å². The lowest BCUT2D eigenvalue weighted by molar-refractivity contribution is -0.142. The fraction of sp³-hybridized carbons (Fsp3) is 0.250. The first kappa shape index (κ1) is 18.4. The van der Waals surface area contributed by atoms with Gasteiger partial charge < -0.3 is 10.4 Å². The molecule has 5 nitrogen and oxygen atoms in total. The maximum Gasteiger partial charge on any atom is 0.330 e. The Morgan fingerprint density at radius 1 is 1.00 bits per heavy atom. The summed E-state index contributed by atoms with van der Waals surface area (Å²) in [6.07, 6.45) is -0.0138. The average Bonchev–Trinajstić information content (AvgIpc) is 2.60. The number of nitrogens with one attached hydrogen (secondary N) is 1. The van der Waals surface area contributed by atoms with Gasteiger partial charge in [-0.15, -0.1) is 0 Å². The van der Waals surface area contributed by atoms with Crippen LogP contribution in [0.3, 0.4) is 0 Å². The van der Waals surface area contributed by atoms with Gasteiger partial charge >= 0.3 is 5.97 Å². The number of aryl methyl sites for hydroxylation is 2. The summed E-state index contributed by atoms with van der Waals surface area (Å²) < 4.78 is 0. The van der Waals surface area contributed by atoms with Gasteiger partial charge in [-0.25, -0.2) is 4.79 Å². The number of rotatable bonds is 7. The van der Waals surface area contributed by atoms with Crippen LogP contribution in [0.4, 0.5) is 0 Å². The first-order chi connectivity index (χ1) is 11.9. The summed E-state index contributed by atoms with van der Waals surface area (Å²) in [5.41, 5.74) is 2.94. The molecule has 0 aliphatic heterocycles. The van der Waals surface area contributed by atoms with Crippen LogP contribution in [0.5, 0.6) is 0 Å². The molecule has 0 unspecified atom stereocenters. The summed E-state index contributed by atoms with van der Waals surface area (Å²) in [6, 6.07) is 13.0. The summed E-state index contributed by atoms with van der Waals surface area (Å²) in [6.45, 7) is 3.75. The highest BCUT2D eigenvalue weighted by Crippen LogP contribution is 2.15. The second kappa shape index (κ2) is 8.24. The molecule has 2 rings (SSSR count). The molecule has 0 bridgehead atoms. The molecule has 0 aliphatic carbocycles. The van der Waals surface area contributed by atoms with Crippen molar-refractivity contribution < 1.29 is 19.5 Å². The molecule has 5 heteroatoms. The molecule has 0 radical (unpaired) electrons. The van der Waals surface area contributed by atoms with Crippen molar-refractivity contribution in [2.24, 2.45) is 0 Å². The van der Waals surface area contributed by atoms with Crippen LogP contribution in [0.25, 0.3) is 0 Å². The van der Waals surface area contributed by atoms with Crippen molar-refractivity contribution in [3.05, 3.63) is 70.8 Å². The topological polar surface area (TPSA) is 83.5 Å². The van der Waals surface area contributed by atoms with Crippen LogP contribution in [0.1, 0.15) is 45.9 Å². The molecule has 0 saturated heterocycles. The van der Waals surface area contributed by atoms with E-state index in [0.717, 1.165) is 11.1 Å². The summed E-state index contributed by atoms with van der Waals surface area (Å²) in [7, 11) is 0. The third kappa shape index (κ3) is 5.01. The molecule has 1 amide bonds. The van der Waals surface area contributed by atoms with Crippen LogP contribution in [0.2, 0.25) is 0 Å². The van der Waals surface area contributed by atoms with Gasteiger partial charge in [0.15, 0.2) is 11.8 Å². The third-order valence-electron chi connectivity index (χ3n) is 3.96. The fourth-order valence-corrected chi connectivity index (χ4v) is 2.56. The predicted molar refractivity (Wildman–Crippen MR) is 94.4 cm³/mol. The van der Waals surface area contributed by atoms with Gasteiger partial charge in [0.25, 0.3) is 0 Å². The molecule has 0 fully saturated rings. The van der Waals surface area contributed by atoms with Crippen molar-refractivity contribution in [2.45, 2.75) is 32.7 Å².